The molecular formula is C48H60Cl2N10O10S2. The van der Waals surface area contributed by atoms with E-state index in [4.69, 9.17) is 18.6 Å². The number of carbonyl (C=O) groups excluding carboxylic acids is 3. The second kappa shape index (κ2) is 26.7. The lowest BCUT2D eigenvalue weighted by Crippen LogP contribution is -2.46. The zero-order chi connectivity index (χ0) is 50.4. The molecule has 2 fully saturated rings. The Morgan fingerprint density at radius 2 is 0.958 bits per heavy atom. The van der Waals surface area contributed by atoms with Gasteiger partial charge in [-0.25, -0.2) is 19.6 Å². The summed E-state index contributed by atoms with van der Waals surface area (Å²) in [5, 5.41) is 9.85. The molecule has 4 aromatic carbocycles. The molecule has 0 saturated carbocycles. The highest BCUT2D eigenvalue weighted by Gasteiger charge is 2.28. The molecule has 0 spiro atoms. The van der Waals surface area contributed by atoms with Crippen molar-refractivity contribution in [3.05, 3.63) is 134 Å². The molecule has 24 heteroatoms. The van der Waals surface area contributed by atoms with E-state index in [-0.39, 0.29) is 66.4 Å². The smallest absolute Gasteiger partial charge is 0.380 e. The largest absolute Gasteiger partial charge is 0.466 e. The van der Waals surface area contributed by atoms with Gasteiger partial charge >= 0.3 is 38.6 Å². The number of piperidine rings is 2. The number of imidazole rings is 2. The van der Waals surface area contributed by atoms with Crippen LogP contribution in [0.3, 0.4) is 0 Å². The fourth-order valence-electron chi connectivity index (χ4n) is 8.02. The van der Waals surface area contributed by atoms with Crippen molar-refractivity contribution in [2.24, 2.45) is 10.3 Å². The molecular weight excluding hydrogens is 1010 g/mol. The second-order valence-electron chi connectivity index (χ2n) is 16.4. The summed E-state index contributed by atoms with van der Waals surface area (Å²) in [7, 11) is -4.62. The number of hydrogen-bond acceptors (Lipinski definition) is 14. The summed E-state index contributed by atoms with van der Waals surface area (Å²) in [5.41, 5.74) is 4.66. The Bertz CT molecular complexity index is 2730. The number of aromatic nitrogens is 4. The SMILES string of the molecule is CCOC(C)=O.CN(C(=O)n1cnc(-c2cccc(OS(N)(=O)=O)c2)c1)C1CCN(c2ccccc2)CC1.CN(C(=O)n1cnc(-c2cccc(OS(N)(=O)=O)c2)c1)C1CCN(c2ccccc2)CC1.Cl.Cl. The fraction of sp³-hybridized carbons (Fsp3) is 0.312. The molecule has 2 amide bonds. The normalized spacial score (nSPS) is 13.9. The van der Waals surface area contributed by atoms with Crippen molar-refractivity contribution >= 4 is 74.8 Å². The van der Waals surface area contributed by atoms with Gasteiger partial charge < -0.3 is 32.7 Å². The van der Waals surface area contributed by atoms with Crippen molar-refractivity contribution in [3.8, 4) is 34.0 Å². The molecule has 72 heavy (non-hydrogen) atoms. The maximum Gasteiger partial charge on any atom is 0.380 e. The summed E-state index contributed by atoms with van der Waals surface area (Å²) in [6.07, 6.45) is 9.68. The first-order valence-corrected chi connectivity index (χ1v) is 25.3. The van der Waals surface area contributed by atoms with Crippen LogP contribution in [0, 0.1) is 0 Å². The number of para-hydroxylation sites is 2. The molecule has 6 aromatic rings. The van der Waals surface area contributed by atoms with E-state index in [0.29, 0.717) is 29.1 Å². The van der Waals surface area contributed by atoms with Gasteiger partial charge in [0.1, 0.15) is 24.2 Å². The molecule has 0 unspecified atom stereocenters. The number of halogens is 2. The van der Waals surface area contributed by atoms with Gasteiger partial charge in [-0.2, -0.15) is 27.1 Å². The minimum absolute atomic E-state index is 0. The van der Waals surface area contributed by atoms with Crippen LogP contribution < -0.4 is 28.4 Å². The van der Waals surface area contributed by atoms with E-state index in [2.05, 4.69) is 48.8 Å². The molecule has 2 aliphatic rings. The standard InChI is InChI=1S/2C22H25N5O4S.C4H8O2.2ClH/c2*1-25(18-10-12-26(13-11-18)19-7-3-2-4-8-19)22(28)27-15-21(24-16-27)17-6-5-9-20(14-17)31-32(23,29)30;1-3-6-4(2)5;;/h2*2-9,14-16,18H,10-13H2,1H3,(H2,23,29,30);3H2,1-2H3;2*1H. The van der Waals surface area contributed by atoms with E-state index in [0.717, 1.165) is 51.9 Å². The molecule has 8 rings (SSSR count). The van der Waals surface area contributed by atoms with Crippen LogP contribution in [0.4, 0.5) is 21.0 Å². The quantitative estimate of drug-likeness (QED) is 0.127. The lowest BCUT2D eigenvalue weighted by Gasteiger charge is -2.37. The molecule has 4 heterocycles. The first-order chi connectivity index (χ1) is 33.4. The van der Waals surface area contributed by atoms with Crippen molar-refractivity contribution in [1.82, 2.24) is 28.9 Å². The summed E-state index contributed by atoms with van der Waals surface area (Å²) < 4.78 is 61.3. The molecule has 4 N–H and O–H groups in total. The predicted octanol–water partition coefficient (Wildman–Crippen LogP) is 6.82. The van der Waals surface area contributed by atoms with Crippen molar-refractivity contribution in [2.75, 3.05) is 56.7 Å². The lowest BCUT2D eigenvalue weighted by atomic mass is 10.0. The summed E-state index contributed by atoms with van der Waals surface area (Å²) in [6.45, 7) is 7.20. The van der Waals surface area contributed by atoms with Gasteiger partial charge in [0.15, 0.2) is 0 Å². The molecule has 2 aliphatic heterocycles. The minimum Gasteiger partial charge on any atom is -0.466 e. The number of amides is 2. The third-order valence-electron chi connectivity index (χ3n) is 11.5. The third-order valence-corrected chi connectivity index (χ3v) is 12.4. The summed E-state index contributed by atoms with van der Waals surface area (Å²) in [5.74, 6) is -0.0566. The molecule has 0 radical (unpaired) electrons. The van der Waals surface area contributed by atoms with E-state index in [1.54, 1.807) is 53.4 Å². The van der Waals surface area contributed by atoms with Gasteiger partial charge in [0.2, 0.25) is 0 Å². The van der Waals surface area contributed by atoms with Crippen LogP contribution in [-0.4, -0.2) is 123 Å². The number of esters is 1. The summed E-state index contributed by atoms with van der Waals surface area (Å²) >= 11 is 0. The molecule has 0 bridgehead atoms. The van der Waals surface area contributed by atoms with Crippen LogP contribution in [-0.2, 0) is 30.1 Å². The van der Waals surface area contributed by atoms with E-state index in [1.807, 2.05) is 50.5 Å². The number of ether oxygens (including phenoxy) is 1. The molecule has 20 nitrogen and oxygen atoms in total. The zero-order valence-corrected chi connectivity index (χ0v) is 43.4. The van der Waals surface area contributed by atoms with Crippen molar-refractivity contribution in [1.29, 1.82) is 0 Å². The highest BCUT2D eigenvalue weighted by molar-refractivity contribution is 7.85. The average molecular weight is 1070 g/mol. The van der Waals surface area contributed by atoms with Crippen LogP contribution >= 0.6 is 24.8 Å². The van der Waals surface area contributed by atoms with Gasteiger partial charge in [-0.15, -0.1) is 24.8 Å². The van der Waals surface area contributed by atoms with E-state index >= 15 is 0 Å². The van der Waals surface area contributed by atoms with Gasteiger partial charge in [-0.3, -0.25) is 13.9 Å². The van der Waals surface area contributed by atoms with Gasteiger partial charge in [-0.1, -0.05) is 60.7 Å². The number of nitrogens with two attached hydrogens (primary N) is 2. The zero-order valence-electron chi connectivity index (χ0n) is 40.2. The Balaban J connectivity index is 0.000000274. The fourth-order valence-corrected chi connectivity index (χ4v) is 8.76. The van der Waals surface area contributed by atoms with E-state index < -0.39 is 20.6 Å². The number of carbonyl (C=O) groups is 3. The number of rotatable bonds is 11. The Labute approximate surface area is 432 Å². The van der Waals surface area contributed by atoms with Gasteiger partial charge in [0.05, 0.1) is 18.0 Å². The van der Waals surface area contributed by atoms with Crippen molar-refractivity contribution in [3.63, 3.8) is 0 Å². The van der Waals surface area contributed by atoms with Crippen LogP contribution in [0.25, 0.3) is 22.5 Å². The van der Waals surface area contributed by atoms with Gasteiger partial charge in [0.25, 0.3) is 0 Å². The summed E-state index contributed by atoms with van der Waals surface area (Å²) in [6, 6.07) is 33.2. The Kier molecular flexibility index (Phi) is 21.4. The first kappa shape index (κ1) is 57.9. The van der Waals surface area contributed by atoms with Crippen molar-refractivity contribution < 1.29 is 44.3 Å². The first-order valence-electron chi connectivity index (χ1n) is 22.4. The second-order valence-corrected chi connectivity index (χ2v) is 18.7. The average Bonchev–Trinajstić information content (AvgIpc) is 4.05. The van der Waals surface area contributed by atoms with E-state index in [9.17, 15) is 31.2 Å². The van der Waals surface area contributed by atoms with Crippen molar-refractivity contribution in [2.45, 2.75) is 51.6 Å². The number of anilines is 2. The lowest BCUT2D eigenvalue weighted by molar-refractivity contribution is -0.140. The van der Waals surface area contributed by atoms with Crippen LogP contribution in [0.2, 0.25) is 0 Å². The summed E-state index contributed by atoms with van der Waals surface area (Å²) in [4.78, 5) is 52.6. The van der Waals surface area contributed by atoms with E-state index in [1.165, 1.54) is 64.4 Å². The van der Waals surface area contributed by atoms with Gasteiger partial charge in [0, 0.05) is 94.2 Å². The predicted molar refractivity (Wildman–Crippen MR) is 280 cm³/mol. The highest BCUT2D eigenvalue weighted by Crippen LogP contribution is 2.27. The Morgan fingerprint density at radius 3 is 1.26 bits per heavy atom. The van der Waals surface area contributed by atoms with Crippen LogP contribution in [0.15, 0.2) is 134 Å². The molecule has 0 aliphatic carbocycles. The van der Waals surface area contributed by atoms with Crippen LogP contribution in [0.1, 0.15) is 39.5 Å². The maximum atomic E-state index is 13.0. The monoisotopic (exact) mass is 1070 g/mol. The topological polar surface area (TPSA) is 248 Å². The molecule has 0 atom stereocenters. The van der Waals surface area contributed by atoms with Crippen LogP contribution in [0.5, 0.6) is 11.5 Å². The number of nitrogens with zero attached hydrogens (tertiary/aromatic N) is 8. The molecule has 2 aromatic heterocycles. The minimum atomic E-state index is -4.12. The number of hydrogen-bond donors (Lipinski definition) is 2. The maximum absolute atomic E-state index is 13.0. The Morgan fingerprint density at radius 1 is 0.597 bits per heavy atom. The molecule has 2 saturated heterocycles. The third kappa shape index (κ3) is 17.0. The van der Waals surface area contributed by atoms with Gasteiger partial charge in [-0.05, 0) is 81.1 Å². The highest BCUT2D eigenvalue weighted by atomic mass is 35.5. The number of benzene rings is 4. The Hall–Kier alpha value is -6.69. The molecule has 388 valence electrons.